The lowest BCUT2D eigenvalue weighted by Gasteiger charge is -1.58. The van der Waals surface area contributed by atoms with E-state index in [0.717, 1.165) is 12.7 Å². The fraction of sp³-hybridized carbons (Fsp3) is 0. The predicted octanol–water partition coefficient (Wildman–Crippen LogP) is -0.309. The molecule has 0 unspecified atom stereocenters. The highest BCUT2D eigenvalue weighted by Crippen LogP contribution is 1.56. The minimum Gasteiger partial charge on any atom is -0.385 e. The Hall–Kier alpha value is -0.370. The quantitative estimate of drug-likeness (QED) is 0.462. The third kappa shape index (κ3) is 3.63. The zero-order valence-corrected chi connectivity index (χ0v) is 3.73. The zero-order valence-electron chi connectivity index (χ0n) is 2.92. The Balaban J connectivity index is 3.47. The summed E-state index contributed by atoms with van der Waals surface area (Å²) in [5.74, 6) is 0. The number of hydrogen-bond donors (Lipinski definition) is 1. The number of hydrogen-bond acceptors (Lipinski definition) is 2. The molecule has 1 N–H and O–H groups in total. The van der Waals surface area contributed by atoms with Gasteiger partial charge in [-0.2, -0.15) is 0 Å². The monoisotopic (exact) mass is 103 g/mol. The second kappa shape index (κ2) is 4.63. The van der Waals surface area contributed by atoms with Crippen molar-refractivity contribution in [2.24, 2.45) is 0 Å². The molecule has 0 saturated carbocycles. The molecule has 0 aromatic carbocycles. The fourth-order valence-electron chi connectivity index (χ4n) is 0.0582. The van der Waals surface area contributed by atoms with Crippen molar-refractivity contribution in [3.63, 3.8) is 0 Å². The third-order valence-electron chi connectivity index (χ3n) is 0.191. The first-order valence-electron chi connectivity index (χ1n) is 1.25. The van der Waals surface area contributed by atoms with E-state index in [0.29, 0.717) is 0 Å². The summed E-state index contributed by atoms with van der Waals surface area (Å²) in [5.41, 5.74) is 0. The van der Waals surface area contributed by atoms with Crippen LogP contribution in [0.1, 0.15) is 0 Å². The second-order valence-electron chi connectivity index (χ2n) is 0.517. The Morgan fingerprint density at radius 3 is 2.67 bits per heavy atom. The van der Waals surface area contributed by atoms with Crippen LogP contribution in [0.25, 0.3) is 0 Å². The van der Waals surface area contributed by atoms with Gasteiger partial charge in [-0.3, -0.25) is 0 Å². The Morgan fingerprint density at radius 2 is 2.50 bits per heavy atom. The van der Waals surface area contributed by atoms with Crippen LogP contribution in [0.2, 0.25) is 0 Å². The maximum Gasteiger partial charge on any atom is 0.142 e. The van der Waals surface area contributed by atoms with Crippen LogP contribution in [0.4, 0.5) is 0 Å². The second-order valence-corrected chi connectivity index (χ2v) is 0.919. The first kappa shape index (κ1) is 5.63. The first-order chi connectivity index (χ1) is 2.91. The summed E-state index contributed by atoms with van der Waals surface area (Å²) in [6.07, 6.45) is 1.14. The van der Waals surface area contributed by atoms with Gasteiger partial charge in [0, 0.05) is 6.08 Å². The van der Waals surface area contributed by atoms with Crippen LogP contribution in [0, 0.1) is 6.61 Å². The van der Waals surface area contributed by atoms with Crippen LogP contribution in [-0.2, 0) is 11.3 Å². The van der Waals surface area contributed by atoms with Crippen molar-refractivity contribution >= 4 is 16.3 Å². The maximum absolute atomic E-state index is 9.33. The molecule has 0 amide bonds. The highest BCUT2D eigenvalue weighted by atomic mass is 32.1. The zero-order chi connectivity index (χ0) is 4.83. The van der Waals surface area contributed by atoms with E-state index in [1.54, 1.807) is 0 Å². The average Bonchev–Trinajstić information content (AvgIpc) is 1.61. The number of rotatable bonds is 1. The van der Waals surface area contributed by atoms with Gasteiger partial charge >= 0.3 is 0 Å². The van der Waals surface area contributed by atoms with Gasteiger partial charge in [0.1, 0.15) is 17.9 Å². The summed E-state index contributed by atoms with van der Waals surface area (Å²) < 4.78 is 9.33. The summed E-state index contributed by atoms with van der Waals surface area (Å²) >= 11 is 0.179. The molecule has 0 aliphatic rings. The van der Waals surface area contributed by atoms with Crippen molar-refractivity contribution < 1.29 is 9.32 Å². The molecule has 0 fully saturated rings. The van der Waals surface area contributed by atoms with Crippen molar-refractivity contribution in [3.8, 4) is 0 Å². The molecule has 0 aromatic rings. The van der Waals surface area contributed by atoms with Crippen LogP contribution < -0.4 is 0 Å². The molecule has 1 radical (unpaired) electrons. The molecule has 0 aliphatic heterocycles. The molecule has 33 valence electrons. The van der Waals surface area contributed by atoms with Crippen molar-refractivity contribution in [2.75, 3.05) is 0 Å². The lowest BCUT2D eigenvalue weighted by Crippen LogP contribution is -1.57. The number of aliphatic hydroxyl groups excluding tert-OH is 1. The minimum absolute atomic E-state index is 0.179. The molecule has 6 heavy (non-hydrogen) atoms. The van der Waals surface area contributed by atoms with E-state index >= 15 is 0 Å². The van der Waals surface area contributed by atoms with Crippen molar-refractivity contribution in [2.45, 2.75) is 0 Å². The van der Waals surface area contributed by atoms with Gasteiger partial charge < -0.3 is 5.11 Å². The topological polar surface area (TPSA) is 37.3 Å². The Bertz CT molecular complexity index is 97.4. The van der Waals surface area contributed by atoms with Gasteiger partial charge in [-0.15, -0.1) is 0 Å². The van der Waals surface area contributed by atoms with Crippen molar-refractivity contribution in [1.82, 2.24) is 0 Å². The Labute approximate surface area is 39.2 Å². The lowest BCUT2D eigenvalue weighted by atomic mass is 10.7. The largest absolute Gasteiger partial charge is 0.385 e. The van der Waals surface area contributed by atoms with E-state index in [1.165, 1.54) is 0 Å². The summed E-state index contributed by atoms with van der Waals surface area (Å²) in [5, 5.41) is 9.93. The fourth-order valence-corrected chi connectivity index (χ4v) is 0.175. The van der Waals surface area contributed by atoms with E-state index in [4.69, 9.17) is 5.11 Å². The van der Waals surface area contributed by atoms with Gasteiger partial charge in [-0.1, -0.05) is 0 Å². The molecule has 0 atom stereocenters. The SMILES string of the molecule is O=S=C=C[CH]O. The summed E-state index contributed by atoms with van der Waals surface area (Å²) in [4.78, 5) is 0. The highest BCUT2D eigenvalue weighted by Gasteiger charge is 1.55. The van der Waals surface area contributed by atoms with E-state index in [1.807, 2.05) is 0 Å². The maximum atomic E-state index is 9.33. The van der Waals surface area contributed by atoms with E-state index in [2.05, 4.69) is 5.02 Å². The normalized spacial score (nSPS) is 6.17. The molecule has 0 heterocycles. The van der Waals surface area contributed by atoms with E-state index < -0.39 is 0 Å². The molecule has 3 heteroatoms. The molecule has 0 spiro atoms. The van der Waals surface area contributed by atoms with Crippen LogP contribution in [0.15, 0.2) is 6.08 Å². The third-order valence-corrected chi connectivity index (χ3v) is 0.423. The van der Waals surface area contributed by atoms with Crippen LogP contribution in [0.5, 0.6) is 0 Å². The predicted molar refractivity (Wildman–Crippen MR) is 24.0 cm³/mol. The van der Waals surface area contributed by atoms with Crippen LogP contribution in [0.3, 0.4) is 0 Å². The Kier molecular flexibility index (Phi) is 4.34. The molecular formula is C3H3O2S. The van der Waals surface area contributed by atoms with E-state index in [-0.39, 0.29) is 11.3 Å². The van der Waals surface area contributed by atoms with Gasteiger partial charge in [0.25, 0.3) is 0 Å². The van der Waals surface area contributed by atoms with Crippen molar-refractivity contribution in [1.29, 1.82) is 0 Å². The highest BCUT2D eigenvalue weighted by molar-refractivity contribution is 7.64. The standard InChI is InChI=1S/C3H3O2S/c4-2-1-3-6-5/h1-2,4H. The van der Waals surface area contributed by atoms with Gasteiger partial charge in [-0.05, 0) is 5.02 Å². The average molecular weight is 103 g/mol. The van der Waals surface area contributed by atoms with Crippen LogP contribution in [-0.4, -0.2) is 14.3 Å². The van der Waals surface area contributed by atoms with E-state index in [9.17, 15) is 4.21 Å². The molecule has 0 aromatic heterocycles. The molecule has 0 saturated heterocycles. The summed E-state index contributed by atoms with van der Waals surface area (Å²) in [6.45, 7) is 0.755. The van der Waals surface area contributed by atoms with Gasteiger partial charge in [0.05, 0.1) is 0 Å². The molecule has 0 aliphatic carbocycles. The van der Waals surface area contributed by atoms with Gasteiger partial charge in [0.2, 0.25) is 0 Å². The summed E-state index contributed by atoms with van der Waals surface area (Å²) in [7, 11) is 0. The first-order valence-corrected chi connectivity index (χ1v) is 1.99. The van der Waals surface area contributed by atoms with Crippen molar-refractivity contribution in [3.05, 3.63) is 12.7 Å². The lowest BCUT2D eigenvalue weighted by molar-refractivity contribution is 0.422. The van der Waals surface area contributed by atoms with Gasteiger partial charge in [-0.25, -0.2) is 4.21 Å². The minimum atomic E-state index is 0.179. The molecular weight excluding hydrogens is 100 g/mol. The molecule has 0 rings (SSSR count). The summed E-state index contributed by atoms with van der Waals surface area (Å²) in [6, 6.07) is 0. The Morgan fingerprint density at radius 1 is 1.83 bits per heavy atom. The molecule has 2 nitrogen and oxygen atoms in total. The number of aliphatic hydroxyl groups is 1. The van der Waals surface area contributed by atoms with Crippen LogP contribution >= 0.6 is 0 Å². The van der Waals surface area contributed by atoms with Gasteiger partial charge in [0.15, 0.2) is 0 Å². The smallest absolute Gasteiger partial charge is 0.142 e. The molecule has 0 bridgehead atoms.